The van der Waals surface area contributed by atoms with Crippen molar-refractivity contribution in [1.82, 2.24) is 9.88 Å². The van der Waals surface area contributed by atoms with Gasteiger partial charge in [0.1, 0.15) is 0 Å². The molecular formula is C19H25N3O2. The summed E-state index contributed by atoms with van der Waals surface area (Å²) in [7, 11) is 0. The Morgan fingerprint density at radius 1 is 1.33 bits per heavy atom. The number of amides is 2. The lowest BCUT2D eigenvalue weighted by Gasteiger charge is -2.19. The number of hydrogen-bond donors (Lipinski definition) is 1. The Balaban J connectivity index is 1.30. The molecule has 1 spiro atoms. The molecule has 3 aliphatic rings. The van der Waals surface area contributed by atoms with E-state index in [1.165, 1.54) is 25.7 Å². The van der Waals surface area contributed by atoms with Gasteiger partial charge in [-0.05, 0) is 43.7 Å². The summed E-state index contributed by atoms with van der Waals surface area (Å²) in [5, 5.41) is 2.95. The summed E-state index contributed by atoms with van der Waals surface area (Å²) in [4.78, 5) is 31.0. The summed E-state index contributed by atoms with van der Waals surface area (Å²) in [6.45, 7) is 1.59. The van der Waals surface area contributed by atoms with Gasteiger partial charge in [-0.15, -0.1) is 0 Å². The molecule has 2 aliphatic carbocycles. The first-order chi connectivity index (χ1) is 11.7. The molecule has 24 heavy (non-hydrogen) atoms. The number of hydrogen-bond acceptors (Lipinski definition) is 3. The molecule has 1 aromatic heterocycles. The fraction of sp³-hybridized carbons (Fsp3) is 0.632. The Labute approximate surface area is 142 Å². The molecule has 5 heteroatoms. The largest absolute Gasteiger partial charge is 0.342 e. The van der Waals surface area contributed by atoms with E-state index in [0.717, 1.165) is 31.6 Å². The first-order valence-electron chi connectivity index (χ1n) is 9.15. The maximum Gasteiger partial charge on any atom is 0.228 e. The maximum atomic E-state index is 12.5. The van der Waals surface area contributed by atoms with Crippen LogP contribution < -0.4 is 5.32 Å². The minimum Gasteiger partial charge on any atom is -0.342 e. The van der Waals surface area contributed by atoms with Crippen molar-refractivity contribution in [2.75, 3.05) is 18.4 Å². The van der Waals surface area contributed by atoms with Gasteiger partial charge >= 0.3 is 0 Å². The Bertz CT molecular complexity index is 627. The van der Waals surface area contributed by atoms with E-state index in [2.05, 4.69) is 10.3 Å². The lowest BCUT2D eigenvalue weighted by atomic mass is 10.0. The number of carbonyl (C=O) groups is 2. The fourth-order valence-electron chi connectivity index (χ4n) is 4.53. The highest BCUT2D eigenvalue weighted by atomic mass is 16.2. The van der Waals surface area contributed by atoms with Crippen LogP contribution in [0, 0.1) is 17.3 Å². The van der Waals surface area contributed by atoms with E-state index in [0.29, 0.717) is 18.2 Å². The Morgan fingerprint density at radius 2 is 2.17 bits per heavy atom. The summed E-state index contributed by atoms with van der Waals surface area (Å²) in [5.41, 5.74) is 0.786. The summed E-state index contributed by atoms with van der Waals surface area (Å²) < 4.78 is 0. The van der Waals surface area contributed by atoms with Gasteiger partial charge < -0.3 is 10.2 Å². The molecule has 0 bridgehead atoms. The number of nitrogens with one attached hydrogen (secondary N) is 1. The van der Waals surface area contributed by atoms with Crippen molar-refractivity contribution in [3.63, 3.8) is 0 Å². The third-order valence-corrected chi connectivity index (χ3v) is 6.11. The number of likely N-dealkylation sites (tertiary alicyclic amines) is 1. The van der Waals surface area contributed by atoms with Crippen LogP contribution in [0.5, 0.6) is 0 Å². The minimum absolute atomic E-state index is 0.0393. The molecule has 2 amide bonds. The summed E-state index contributed by atoms with van der Waals surface area (Å²) >= 11 is 0. The van der Waals surface area contributed by atoms with Crippen molar-refractivity contribution in [1.29, 1.82) is 0 Å². The summed E-state index contributed by atoms with van der Waals surface area (Å²) in [6, 6.07) is 3.67. The highest BCUT2D eigenvalue weighted by molar-refractivity contribution is 5.95. The lowest BCUT2D eigenvalue weighted by molar-refractivity contribution is -0.131. The Morgan fingerprint density at radius 3 is 2.92 bits per heavy atom. The van der Waals surface area contributed by atoms with Gasteiger partial charge in [-0.1, -0.05) is 12.8 Å². The molecular weight excluding hydrogens is 302 g/mol. The van der Waals surface area contributed by atoms with Gasteiger partial charge in [0, 0.05) is 37.0 Å². The van der Waals surface area contributed by atoms with Crippen molar-refractivity contribution >= 4 is 17.5 Å². The topological polar surface area (TPSA) is 62.3 Å². The maximum absolute atomic E-state index is 12.5. The first kappa shape index (κ1) is 15.6. The van der Waals surface area contributed by atoms with Gasteiger partial charge in [0.05, 0.1) is 11.9 Å². The molecule has 3 fully saturated rings. The van der Waals surface area contributed by atoms with E-state index < -0.39 is 0 Å². The van der Waals surface area contributed by atoms with Crippen LogP contribution in [-0.4, -0.2) is 34.8 Å². The van der Waals surface area contributed by atoms with E-state index in [1.807, 2.05) is 17.0 Å². The second kappa shape index (κ2) is 6.19. The molecule has 0 radical (unpaired) electrons. The number of pyridine rings is 1. The van der Waals surface area contributed by atoms with Gasteiger partial charge in [0.2, 0.25) is 11.8 Å². The fourth-order valence-corrected chi connectivity index (χ4v) is 4.53. The molecule has 1 N–H and O–H groups in total. The van der Waals surface area contributed by atoms with E-state index in [-0.39, 0.29) is 17.2 Å². The SMILES string of the molecule is O=C(Nc1cccnc1)[C@@H]1C[C@]12CCN(C(=O)CC1CCCC1)C2. The minimum atomic E-state index is 0.0393. The third-order valence-electron chi connectivity index (χ3n) is 6.11. The molecule has 1 aliphatic heterocycles. The van der Waals surface area contributed by atoms with Crippen molar-refractivity contribution < 1.29 is 9.59 Å². The molecule has 2 saturated carbocycles. The average molecular weight is 327 g/mol. The van der Waals surface area contributed by atoms with Crippen LogP contribution in [0.25, 0.3) is 0 Å². The van der Waals surface area contributed by atoms with Gasteiger partial charge in [0.25, 0.3) is 0 Å². The highest BCUT2D eigenvalue weighted by Gasteiger charge is 2.61. The molecule has 5 nitrogen and oxygen atoms in total. The van der Waals surface area contributed by atoms with Crippen LogP contribution in [0.15, 0.2) is 24.5 Å². The zero-order valence-electron chi connectivity index (χ0n) is 14.0. The quantitative estimate of drug-likeness (QED) is 0.925. The first-order valence-corrected chi connectivity index (χ1v) is 9.15. The number of anilines is 1. The highest BCUT2D eigenvalue weighted by Crippen LogP contribution is 2.58. The van der Waals surface area contributed by atoms with E-state index in [4.69, 9.17) is 0 Å². The third kappa shape index (κ3) is 3.04. The van der Waals surface area contributed by atoms with Crippen molar-refractivity contribution in [3.05, 3.63) is 24.5 Å². The zero-order chi connectivity index (χ0) is 16.6. The summed E-state index contributed by atoms with van der Waals surface area (Å²) in [5.74, 6) is 1.02. The predicted molar refractivity (Wildman–Crippen MR) is 91.2 cm³/mol. The normalized spacial score (nSPS) is 29.2. The van der Waals surface area contributed by atoms with E-state index in [1.54, 1.807) is 12.4 Å². The monoisotopic (exact) mass is 327 g/mol. The Kier molecular flexibility index (Phi) is 4.02. The van der Waals surface area contributed by atoms with Crippen LogP contribution in [-0.2, 0) is 9.59 Å². The van der Waals surface area contributed by atoms with Crippen LogP contribution >= 0.6 is 0 Å². The van der Waals surface area contributed by atoms with Crippen LogP contribution in [0.1, 0.15) is 44.9 Å². The second-order valence-electron chi connectivity index (χ2n) is 7.77. The molecule has 2 atom stereocenters. The molecule has 4 rings (SSSR count). The lowest BCUT2D eigenvalue weighted by Crippen LogP contribution is -2.31. The van der Waals surface area contributed by atoms with E-state index >= 15 is 0 Å². The van der Waals surface area contributed by atoms with E-state index in [9.17, 15) is 9.59 Å². The zero-order valence-corrected chi connectivity index (χ0v) is 14.0. The number of aromatic nitrogens is 1. The van der Waals surface area contributed by atoms with Crippen LogP contribution in [0.2, 0.25) is 0 Å². The molecule has 0 aromatic carbocycles. The molecule has 1 aromatic rings. The van der Waals surface area contributed by atoms with Crippen LogP contribution in [0.4, 0.5) is 5.69 Å². The molecule has 128 valence electrons. The number of rotatable bonds is 4. The average Bonchev–Trinajstić information content (AvgIpc) is 2.90. The number of nitrogens with zero attached hydrogens (tertiary/aromatic N) is 2. The van der Waals surface area contributed by atoms with Crippen LogP contribution in [0.3, 0.4) is 0 Å². The smallest absolute Gasteiger partial charge is 0.228 e. The van der Waals surface area contributed by atoms with Gasteiger partial charge in [-0.2, -0.15) is 0 Å². The second-order valence-corrected chi connectivity index (χ2v) is 7.77. The van der Waals surface area contributed by atoms with Crippen molar-refractivity contribution in [2.45, 2.75) is 44.9 Å². The van der Waals surface area contributed by atoms with Crippen molar-refractivity contribution in [3.8, 4) is 0 Å². The molecule has 0 unspecified atom stereocenters. The Hall–Kier alpha value is -1.91. The number of carbonyl (C=O) groups excluding carboxylic acids is 2. The van der Waals surface area contributed by atoms with Gasteiger partial charge in [-0.25, -0.2) is 0 Å². The molecule has 1 saturated heterocycles. The van der Waals surface area contributed by atoms with Gasteiger partial charge in [-0.3, -0.25) is 14.6 Å². The van der Waals surface area contributed by atoms with Crippen molar-refractivity contribution in [2.24, 2.45) is 17.3 Å². The molecule has 2 heterocycles. The summed E-state index contributed by atoms with van der Waals surface area (Å²) in [6.07, 6.45) is 10.9. The standard InChI is InChI=1S/C19H25N3O2/c23-17(10-14-4-1-2-5-14)22-9-7-19(13-22)11-16(19)18(24)21-15-6-3-8-20-12-15/h3,6,8,12,14,16H,1-2,4-5,7,9-11,13H2,(H,21,24)/t16-,19-/m0/s1. The van der Waals surface area contributed by atoms with Gasteiger partial charge in [0.15, 0.2) is 0 Å². The predicted octanol–water partition coefficient (Wildman–Crippen LogP) is 2.84.